The number of carbonyl (C=O) groups is 1. The minimum Gasteiger partial charge on any atom is -0.497 e. The number of nitriles is 1. The summed E-state index contributed by atoms with van der Waals surface area (Å²) >= 11 is 1.16. The van der Waals surface area contributed by atoms with Gasteiger partial charge in [-0.15, -0.1) is 11.3 Å². The van der Waals surface area contributed by atoms with E-state index in [4.69, 9.17) is 15.2 Å². The monoisotopic (exact) mass is 488 g/mol. The molecule has 8 nitrogen and oxygen atoms in total. The summed E-state index contributed by atoms with van der Waals surface area (Å²) in [4.78, 5) is 28.4. The fourth-order valence-corrected chi connectivity index (χ4v) is 5.20. The molecular weight excluding hydrogens is 464 g/mol. The SMILES string of the molecule is COc1cccc(/C=c2/sc3n(c2=O)C(N)=C(C#N)C(c2cccc(OC)c2)C=3C(=O)N(C)C)c1. The van der Waals surface area contributed by atoms with Crippen molar-refractivity contribution in [1.82, 2.24) is 9.47 Å². The first-order valence-corrected chi connectivity index (χ1v) is 11.5. The van der Waals surface area contributed by atoms with Crippen LogP contribution in [0.15, 0.2) is 58.9 Å². The Kier molecular flexibility index (Phi) is 6.49. The molecule has 0 radical (unpaired) electrons. The maximum Gasteiger partial charge on any atom is 0.274 e. The van der Waals surface area contributed by atoms with Crippen molar-refractivity contribution in [1.29, 1.82) is 5.26 Å². The van der Waals surface area contributed by atoms with E-state index >= 15 is 0 Å². The van der Waals surface area contributed by atoms with Crippen LogP contribution in [0.5, 0.6) is 11.5 Å². The molecule has 0 fully saturated rings. The summed E-state index contributed by atoms with van der Waals surface area (Å²) < 4.78 is 12.7. The molecule has 3 aromatic rings. The Labute approximate surface area is 206 Å². The Morgan fingerprint density at radius 3 is 2.43 bits per heavy atom. The number of aromatic nitrogens is 1. The van der Waals surface area contributed by atoms with Gasteiger partial charge in [-0.1, -0.05) is 24.3 Å². The van der Waals surface area contributed by atoms with Gasteiger partial charge in [-0.2, -0.15) is 5.26 Å². The summed E-state index contributed by atoms with van der Waals surface area (Å²) in [5.41, 5.74) is 7.88. The van der Waals surface area contributed by atoms with Crippen LogP contribution in [0.2, 0.25) is 0 Å². The Morgan fingerprint density at radius 2 is 1.80 bits per heavy atom. The molecular formula is C26H24N4O4S. The number of rotatable bonds is 5. The molecule has 4 rings (SSSR count). The lowest BCUT2D eigenvalue weighted by molar-refractivity contribution is -0.123. The van der Waals surface area contributed by atoms with Gasteiger partial charge in [0, 0.05) is 14.1 Å². The number of nitrogens with zero attached hydrogens (tertiary/aromatic N) is 3. The molecule has 2 N–H and O–H groups in total. The molecule has 0 aliphatic carbocycles. The Hall–Kier alpha value is -4.29. The predicted molar refractivity (Wildman–Crippen MR) is 135 cm³/mol. The third-order valence-electron chi connectivity index (χ3n) is 5.72. The third-order valence-corrected chi connectivity index (χ3v) is 6.83. The van der Waals surface area contributed by atoms with Crippen LogP contribution in [0.1, 0.15) is 17.0 Å². The van der Waals surface area contributed by atoms with Crippen molar-refractivity contribution in [2.75, 3.05) is 28.3 Å². The number of amides is 1. The smallest absolute Gasteiger partial charge is 0.274 e. The molecule has 1 amide bonds. The van der Waals surface area contributed by atoms with E-state index in [-0.39, 0.29) is 17.3 Å². The van der Waals surface area contributed by atoms with Crippen LogP contribution < -0.4 is 30.0 Å². The van der Waals surface area contributed by atoms with Crippen molar-refractivity contribution in [3.8, 4) is 17.6 Å². The van der Waals surface area contributed by atoms with Crippen LogP contribution in [0, 0.1) is 11.3 Å². The number of nitrogens with two attached hydrogens (primary N) is 1. The van der Waals surface area contributed by atoms with E-state index in [0.717, 1.165) is 16.9 Å². The van der Waals surface area contributed by atoms with E-state index in [1.807, 2.05) is 24.3 Å². The lowest BCUT2D eigenvalue weighted by atomic mass is 9.83. The second kappa shape index (κ2) is 9.52. The van der Waals surface area contributed by atoms with Crippen molar-refractivity contribution in [2.45, 2.75) is 5.92 Å². The molecule has 1 aliphatic heterocycles. The maximum absolute atomic E-state index is 13.5. The molecule has 1 unspecified atom stereocenters. The summed E-state index contributed by atoms with van der Waals surface area (Å²) in [6.45, 7) is 0. The van der Waals surface area contributed by atoms with Crippen molar-refractivity contribution in [3.05, 3.63) is 84.8 Å². The lowest BCUT2D eigenvalue weighted by Crippen LogP contribution is -2.41. The lowest BCUT2D eigenvalue weighted by Gasteiger charge is -2.27. The van der Waals surface area contributed by atoms with Crippen LogP contribution in [0.4, 0.5) is 0 Å². The van der Waals surface area contributed by atoms with Crippen LogP contribution in [0.3, 0.4) is 0 Å². The van der Waals surface area contributed by atoms with E-state index in [0.29, 0.717) is 31.8 Å². The highest BCUT2D eigenvalue weighted by molar-refractivity contribution is 7.07. The Balaban J connectivity index is 2.10. The maximum atomic E-state index is 13.5. The number of hydrogen-bond donors (Lipinski definition) is 1. The second-order valence-corrected chi connectivity index (χ2v) is 9.10. The highest BCUT2D eigenvalue weighted by Gasteiger charge is 2.36. The van der Waals surface area contributed by atoms with E-state index in [1.165, 1.54) is 9.47 Å². The molecule has 2 aromatic carbocycles. The minimum atomic E-state index is -0.757. The average Bonchev–Trinajstić information content (AvgIpc) is 3.19. The van der Waals surface area contributed by atoms with Gasteiger partial charge in [0.05, 0.1) is 41.9 Å². The number of hydrogen-bond acceptors (Lipinski definition) is 7. The molecule has 0 bridgehead atoms. The molecule has 2 heterocycles. The molecule has 178 valence electrons. The molecule has 0 spiro atoms. The van der Waals surface area contributed by atoms with E-state index in [2.05, 4.69) is 6.07 Å². The van der Waals surface area contributed by atoms with Crippen molar-refractivity contribution >= 4 is 34.7 Å². The topological polar surface area (TPSA) is 111 Å². The number of thiazole rings is 1. The highest BCUT2D eigenvalue weighted by Crippen LogP contribution is 2.37. The number of benzene rings is 2. The third kappa shape index (κ3) is 4.20. The predicted octanol–water partition coefficient (Wildman–Crippen LogP) is 1.44. The largest absolute Gasteiger partial charge is 0.497 e. The molecule has 0 saturated heterocycles. The number of carbonyl (C=O) groups excluding carboxylic acids is 1. The van der Waals surface area contributed by atoms with Gasteiger partial charge in [0.25, 0.3) is 11.5 Å². The number of ether oxygens (including phenoxy) is 2. The molecule has 0 saturated carbocycles. The van der Waals surface area contributed by atoms with Crippen molar-refractivity contribution in [3.63, 3.8) is 0 Å². The van der Waals surface area contributed by atoms with E-state index < -0.39 is 11.5 Å². The molecule has 35 heavy (non-hydrogen) atoms. The zero-order chi connectivity index (χ0) is 25.3. The molecule has 9 heteroatoms. The van der Waals surface area contributed by atoms with Crippen LogP contribution >= 0.6 is 11.3 Å². The van der Waals surface area contributed by atoms with Crippen molar-refractivity contribution < 1.29 is 14.3 Å². The van der Waals surface area contributed by atoms with E-state index in [9.17, 15) is 14.9 Å². The molecule has 1 atom stereocenters. The second-order valence-electron chi connectivity index (χ2n) is 8.07. The van der Waals surface area contributed by atoms with Gasteiger partial charge in [0.2, 0.25) is 0 Å². The zero-order valence-corrected chi connectivity index (χ0v) is 20.6. The van der Waals surface area contributed by atoms with Gasteiger partial charge < -0.3 is 20.1 Å². The fourth-order valence-electron chi connectivity index (χ4n) is 4.03. The van der Waals surface area contributed by atoms with Crippen LogP contribution in [-0.4, -0.2) is 43.7 Å². The normalized spacial score (nSPS) is 15.5. The summed E-state index contributed by atoms with van der Waals surface area (Å²) in [5.74, 6) is 0.168. The van der Waals surface area contributed by atoms with E-state index in [1.54, 1.807) is 58.7 Å². The minimum absolute atomic E-state index is 0.0113. The average molecular weight is 489 g/mol. The molecule has 1 aliphatic rings. The molecule has 1 aromatic heterocycles. The summed E-state index contributed by atoms with van der Waals surface area (Å²) in [6, 6.07) is 16.6. The van der Waals surface area contributed by atoms with Gasteiger partial charge in [-0.05, 0) is 41.5 Å². The first kappa shape index (κ1) is 23.9. The van der Waals surface area contributed by atoms with Gasteiger partial charge >= 0.3 is 0 Å². The van der Waals surface area contributed by atoms with Crippen LogP contribution in [-0.2, 0) is 4.79 Å². The zero-order valence-electron chi connectivity index (χ0n) is 19.7. The van der Waals surface area contributed by atoms with Crippen LogP contribution in [0.25, 0.3) is 17.5 Å². The summed E-state index contributed by atoms with van der Waals surface area (Å²) in [5, 5.41) is 10.1. The quantitative estimate of drug-likeness (QED) is 0.582. The Bertz CT molecular complexity index is 1570. The Morgan fingerprint density at radius 1 is 1.14 bits per heavy atom. The summed E-state index contributed by atoms with van der Waals surface area (Å²) in [7, 11) is 6.37. The van der Waals surface area contributed by atoms with Crippen molar-refractivity contribution in [2.24, 2.45) is 5.73 Å². The number of fused-ring (bicyclic) bond motifs is 1. The van der Waals surface area contributed by atoms with Gasteiger partial charge in [-0.3, -0.25) is 14.2 Å². The number of allylic oxidation sites excluding steroid dienone is 1. The van der Waals surface area contributed by atoms with Gasteiger partial charge in [0.1, 0.15) is 22.0 Å². The fraction of sp³-hybridized carbons (Fsp3) is 0.192. The first-order valence-electron chi connectivity index (χ1n) is 10.7. The van der Waals surface area contributed by atoms with Gasteiger partial charge in [0.15, 0.2) is 0 Å². The first-order chi connectivity index (χ1) is 16.8. The summed E-state index contributed by atoms with van der Waals surface area (Å²) in [6.07, 6.45) is 1.72. The number of methoxy groups -OCH3 is 2. The highest BCUT2D eigenvalue weighted by atomic mass is 32.1. The van der Waals surface area contributed by atoms with Gasteiger partial charge in [-0.25, -0.2) is 0 Å². The standard InChI is InChI=1S/C26H24N4O4S/c1-29(2)25(32)22-21(16-8-6-10-18(13-16)34-4)19(14-27)23(28)30-24(31)20(35-26(22)30)12-15-7-5-9-17(11-15)33-3/h5-13,21H,28H2,1-4H3/b20-12+.